The third-order valence-corrected chi connectivity index (χ3v) is 7.03. The minimum atomic E-state index is -3.39. The molecule has 1 saturated heterocycles. The van der Waals surface area contributed by atoms with Crippen molar-refractivity contribution in [1.82, 2.24) is 4.31 Å². The van der Waals surface area contributed by atoms with E-state index in [-0.39, 0.29) is 6.10 Å². The summed E-state index contributed by atoms with van der Waals surface area (Å²) in [7, 11) is -3.39. The lowest BCUT2D eigenvalue weighted by atomic mass is 10.1. The van der Waals surface area contributed by atoms with Gasteiger partial charge in [0.15, 0.2) is 0 Å². The third-order valence-electron chi connectivity index (χ3n) is 3.70. The Labute approximate surface area is 135 Å². The number of piperidine rings is 1. The molecule has 0 bridgehead atoms. The maximum atomic E-state index is 12.7. The number of ether oxygens (including phenoxy) is 1. The molecule has 3 rings (SSSR count). The van der Waals surface area contributed by atoms with E-state index in [2.05, 4.69) is 0 Å². The zero-order valence-corrected chi connectivity index (χ0v) is 14.1. The van der Waals surface area contributed by atoms with Gasteiger partial charge in [-0.25, -0.2) is 8.42 Å². The summed E-state index contributed by atoms with van der Waals surface area (Å²) in [5.74, 6) is 0.790. The number of thiophene rings is 1. The van der Waals surface area contributed by atoms with Gasteiger partial charge in [0, 0.05) is 11.4 Å². The van der Waals surface area contributed by atoms with Crippen molar-refractivity contribution < 1.29 is 13.2 Å². The molecule has 1 aromatic heterocycles. The molecule has 1 unspecified atom stereocenters. The van der Waals surface area contributed by atoms with Gasteiger partial charge in [-0.05, 0) is 44.0 Å². The Morgan fingerprint density at radius 1 is 1.18 bits per heavy atom. The summed E-state index contributed by atoms with van der Waals surface area (Å²) in [4.78, 5) is 1.01. The van der Waals surface area contributed by atoms with E-state index in [1.807, 2.05) is 43.3 Å². The van der Waals surface area contributed by atoms with E-state index in [4.69, 9.17) is 4.74 Å². The van der Waals surface area contributed by atoms with Crippen LogP contribution in [0.4, 0.5) is 0 Å². The zero-order valence-electron chi connectivity index (χ0n) is 12.4. The minimum Gasteiger partial charge on any atom is -0.489 e. The predicted molar refractivity (Wildman–Crippen MR) is 87.9 cm³/mol. The molecule has 2 aromatic rings. The molecule has 22 heavy (non-hydrogen) atoms. The average molecular weight is 337 g/mol. The van der Waals surface area contributed by atoms with Crippen LogP contribution < -0.4 is 4.74 Å². The second-order valence-electron chi connectivity index (χ2n) is 5.42. The minimum absolute atomic E-state index is 0.0908. The molecule has 1 fully saturated rings. The first-order valence-electron chi connectivity index (χ1n) is 7.34. The van der Waals surface area contributed by atoms with Gasteiger partial charge in [-0.1, -0.05) is 18.2 Å². The average Bonchev–Trinajstić information content (AvgIpc) is 2.96. The van der Waals surface area contributed by atoms with Crippen LogP contribution in [-0.4, -0.2) is 31.9 Å². The molecule has 0 N–H and O–H groups in total. The van der Waals surface area contributed by atoms with E-state index in [0.717, 1.165) is 23.5 Å². The summed E-state index contributed by atoms with van der Waals surface area (Å²) >= 11 is 1.32. The van der Waals surface area contributed by atoms with Crippen LogP contribution in [0.3, 0.4) is 0 Å². The standard InChI is InChI=1S/C16H19NO3S2/c1-13-9-10-16(21-13)22(18,19)17-11-5-8-15(12-17)20-14-6-3-2-4-7-14/h2-4,6-7,9-10,15H,5,8,11-12H2,1H3. The summed E-state index contributed by atoms with van der Waals surface area (Å²) in [5, 5.41) is 0. The molecule has 118 valence electrons. The fourth-order valence-electron chi connectivity index (χ4n) is 2.59. The van der Waals surface area contributed by atoms with Gasteiger partial charge in [-0.15, -0.1) is 11.3 Å². The van der Waals surface area contributed by atoms with Crippen LogP contribution >= 0.6 is 11.3 Å². The SMILES string of the molecule is Cc1ccc(S(=O)(=O)N2CCCC(Oc3ccccc3)C2)s1. The zero-order chi connectivity index (χ0) is 15.6. The number of nitrogens with zero attached hydrogens (tertiary/aromatic N) is 1. The Bertz CT molecular complexity index is 725. The lowest BCUT2D eigenvalue weighted by Gasteiger charge is -2.31. The van der Waals surface area contributed by atoms with Gasteiger partial charge in [-0.2, -0.15) is 4.31 Å². The monoisotopic (exact) mass is 337 g/mol. The first-order valence-corrected chi connectivity index (χ1v) is 9.59. The van der Waals surface area contributed by atoms with Crippen molar-refractivity contribution in [1.29, 1.82) is 0 Å². The van der Waals surface area contributed by atoms with E-state index < -0.39 is 10.0 Å². The summed E-state index contributed by atoms with van der Waals surface area (Å²) in [6.45, 7) is 2.89. The largest absolute Gasteiger partial charge is 0.489 e. The first kappa shape index (κ1) is 15.5. The fourth-order valence-corrected chi connectivity index (χ4v) is 5.54. The van der Waals surface area contributed by atoms with Crippen LogP contribution in [-0.2, 0) is 10.0 Å². The molecule has 6 heteroatoms. The normalized spacial score (nSPS) is 20.0. The highest BCUT2D eigenvalue weighted by Crippen LogP contribution is 2.27. The summed E-state index contributed by atoms with van der Waals surface area (Å²) in [6, 6.07) is 13.1. The van der Waals surface area contributed by atoms with Crippen LogP contribution in [0.1, 0.15) is 17.7 Å². The second-order valence-corrected chi connectivity index (χ2v) is 8.88. The second kappa shape index (κ2) is 6.40. The summed E-state index contributed by atoms with van der Waals surface area (Å²) in [5.41, 5.74) is 0. The maximum Gasteiger partial charge on any atom is 0.252 e. The lowest BCUT2D eigenvalue weighted by molar-refractivity contribution is 0.130. The predicted octanol–water partition coefficient (Wildman–Crippen LogP) is 3.29. The van der Waals surface area contributed by atoms with E-state index in [1.165, 1.54) is 11.3 Å². The molecule has 0 radical (unpaired) electrons. The molecule has 0 spiro atoms. The Hall–Kier alpha value is -1.37. The molecule has 0 aliphatic carbocycles. The van der Waals surface area contributed by atoms with E-state index >= 15 is 0 Å². The number of para-hydroxylation sites is 1. The van der Waals surface area contributed by atoms with Crippen molar-refractivity contribution in [3.05, 3.63) is 47.3 Å². The van der Waals surface area contributed by atoms with Gasteiger partial charge in [0.05, 0.1) is 6.54 Å². The van der Waals surface area contributed by atoms with Crippen molar-refractivity contribution in [2.24, 2.45) is 0 Å². The van der Waals surface area contributed by atoms with Crippen LogP contribution in [0.5, 0.6) is 5.75 Å². The van der Waals surface area contributed by atoms with Gasteiger partial charge in [0.2, 0.25) is 0 Å². The molecule has 1 aromatic carbocycles. The third kappa shape index (κ3) is 3.34. The molecular formula is C16H19NO3S2. The topological polar surface area (TPSA) is 46.6 Å². The Morgan fingerprint density at radius 2 is 1.95 bits per heavy atom. The number of aryl methyl sites for hydroxylation is 1. The Morgan fingerprint density at radius 3 is 2.64 bits per heavy atom. The number of sulfonamides is 1. The van der Waals surface area contributed by atoms with E-state index in [0.29, 0.717) is 17.3 Å². The molecule has 1 aliphatic rings. The molecule has 1 aliphatic heterocycles. The van der Waals surface area contributed by atoms with Gasteiger partial charge in [0.1, 0.15) is 16.1 Å². The van der Waals surface area contributed by atoms with Gasteiger partial charge in [0.25, 0.3) is 10.0 Å². The fraction of sp³-hybridized carbons (Fsp3) is 0.375. The van der Waals surface area contributed by atoms with Crippen LogP contribution in [0.15, 0.2) is 46.7 Å². The molecule has 0 saturated carbocycles. The Balaban J connectivity index is 1.73. The van der Waals surface area contributed by atoms with Gasteiger partial charge >= 0.3 is 0 Å². The number of hydrogen-bond acceptors (Lipinski definition) is 4. The number of hydrogen-bond donors (Lipinski definition) is 0. The highest BCUT2D eigenvalue weighted by atomic mass is 32.2. The van der Waals surface area contributed by atoms with Crippen molar-refractivity contribution in [3.8, 4) is 5.75 Å². The quantitative estimate of drug-likeness (QED) is 0.860. The number of benzene rings is 1. The smallest absolute Gasteiger partial charge is 0.252 e. The molecule has 0 amide bonds. The van der Waals surface area contributed by atoms with Gasteiger partial charge in [-0.3, -0.25) is 0 Å². The number of rotatable bonds is 4. The van der Waals surface area contributed by atoms with Crippen molar-refractivity contribution in [2.45, 2.75) is 30.1 Å². The van der Waals surface area contributed by atoms with Crippen molar-refractivity contribution in [3.63, 3.8) is 0 Å². The molecule has 1 atom stereocenters. The summed E-state index contributed by atoms with van der Waals surface area (Å²) < 4.78 is 33.3. The highest BCUT2D eigenvalue weighted by Gasteiger charge is 2.32. The highest BCUT2D eigenvalue weighted by molar-refractivity contribution is 7.91. The van der Waals surface area contributed by atoms with E-state index in [1.54, 1.807) is 10.4 Å². The van der Waals surface area contributed by atoms with Gasteiger partial charge < -0.3 is 4.74 Å². The molecular weight excluding hydrogens is 318 g/mol. The van der Waals surface area contributed by atoms with Crippen LogP contribution in [0, 0.1) is 6.92 Å². The Kier molecular flexibility index (Phi) is 4.52. The van der Waals surface area contributed by atoms with Crippen molar-refractivity contribution in [2.75, 3.05) is 13.1 Å². The van der Waals surface area contributed by atoms with Crippen LogP contribution in [0.2, 0.25) is 0 Å². The van der Waals surface area contributed by atoms with Crippen LogP contribution in [0.25, 0.3) is 0 Å². The summed E-state index contributed by atoms with van der Waals surface area (Å²) in [6.07, 6.45) is 1.61. The molecule has 4 nitrogen and oxygen atoms in total. The maximum absolute atomic E-state index is 12.7. The lowest BCUT2D eigenvalue weighted by Crippen LogP contribution is -2.44. The van der Waals surface area contributed by atoms with Crippen molar-refractivity contribution >= 4 is 21.4 Å². The molecule has 2 heterocycles. The first-order chi connectivity index (χ1) is 10.6. The van der Waals surface area contributed by atoms with E-state index in [9.17, 15) is 8.42 Å².